The van der Waals surface area contributed by atoms with Crippen LogP contribution in [0.1, 0.15) is 41.2 Å². The fraction of sp³-hybridized carbons (Fsp3) is 0.286. The van der Waals surface area contributed by atoms with Crippen molar-refractivity contribution < 1.29 is 9.53 Å². The predicted molar refractivity (Wildman–Crippen MR) is 100 cm³/mol. The zero-order valence-electron chi connectivity index (χ0n) is 14.8. The molecule has 1 atom stereocenters. The molecular weight excluding hydrogens is 326 g/mol. The number of aromatic nitrogens is 2. The second kappa shape index (κ2) is 7.12. The summed E-state index contributed by atoms with van der Waals surface area (Å²) in [5.74, 6) is 0.867. The first-order valence-electron chi connectivity index (χ1n) is 8.92. The van der Waals surface area contributed by atoms with E-state index in [0.29, 0.717) is 5.56 Å². The van der Waals surface area contributed by atoms with Crippen LogP contribution < -0.4 is 4.74 Å². The fourth-order valence-electron chi connectivity index (χ4n) is 3.63. The molecule has 5 heteroatoms. The van der Waals surface area contributed by atoms with Crippen molar-refractivity contribution in [2.24, 2.45) is 0 Å². The van der Waals surface area contributed by atoms with Crippen molar-refractivity contribution in [3.8, 4) is 5.75 Å². The number of hydrogen-bond donors (Lipinski definition) is 0. The lowest BCUT2D eigenvalue weighted by atomic mass is 9.94. The highest BCUT2D eigenvalue weighted by atomic mass is 16.5. The highest BCUT2D eigenvalue weighted by molar-refractivity contribution is 5.97. The van der Waals surface area contributed by atoms with Gasteiger partial charge in [0.15, 0.2) is 0 Å². The number of rotatable bonds is 3. The highest BCUT2D eigenvalue weighted by Crippen LogP contribution is 2.33. The van der Waals surface area contributed by atoms with Crippen molar-refractivity contribution in [3.63, 3.8) is 0 Å². The van der Waals surface area contributed by atoms with Crippen molar-refractivity contribution in [2.45, 2.75) is 25.3 Å². The van der Waals surface area contributed by atoms with Crippen molar-refractivity contribution in [2.75, 3.05) is 13.7 Å². The molecule has 1 fully saturated rings. The molecule has 0 aliphatic carbocycles. The number of nitrogens with zero attached hydrogens (tertiary/aromatic N) is 3. The lowest BCUT2D eigenvalue weighted by Crippen LogP contribution is -2.38. The van der Waals surface area contributed by atoms with E-state index in [0.717, 1.165) is 48.2 Å². The molecule has 0 radical (unpaired) electrons. The van der Waals surface area contributed by atoms with Gasteiger partial charge < -0.3 is 9.64 Å². The van der Waals surface area contributed by atoms with Crippen LogP contribution in [0.5, 0.6) is 5.75 Å². The van der Waals surface area contributed by atoms with Crippen LogP contribution in [0.4, 0.5) is 0 Å². The Hall–Kier alpha value is -2.95. The Labute approximate surface area is 152 Å². The Morgan fingerprint density at radius 3 is 2.77 bits per heavy atom. The number of piperidine rings is 1. The topological polar surface area (TPSA) is 55.3 Å². The van der Waals surface area contributed by atoms with Crippen LogP contribution in [0.3, 0.4) is 0 Å². The summed E-state index contributed by atoms with van der Waals surface area (Å²) >= 11 is 0. The van der Waals surface area contributed by atoms with Gasteiger partial charge in [-0.15, -0.1) is 0 Å². The molecule has 0 bridgehead atoms. The maximum Gasteiger partial charge on any atom is 0.254 e. The minimum Gasteiger partial charge on any atom is -0.497 e. The first kappa shape index (κ1) is 16.5. The molecule has 132 valence electrons. The number of fused-ring (bicyclic) bond motifs is 1. The summed E-state index contributed by atoms with van der Waals surface area (Å²) in [5, 5.41) is 0. The van der Waals surface area contributed by atoms with Gasteiger partial charge in [0.25, 0.3) is 5.91 Å². The van der Waals surface area contributed by atoms with Crippen LogP contribution in [0.15, 0.2) is 54.9 Å². The SMILES string of the molecule is COc1cccc([C@H]2CCCCN2C(=O)c2ccc3nccnc3c2)c1. The second-order valence-corrected chi connectivity index (χ2v) is 6.55. The van der Waals surface area contributed by atoms with E-state index in [1.54, 1.807) is 19.5 Å². The number of benzene rings is 2. The summed E-state index contributed by atoms with van der Waals surface area (Å²) in [6.45, 7) is 0.763. The molecule has 0 N–H and O–H groups in total. The molecule has 0 saturated carbocycles. The Morgan fingerprint density at radius 1 is 1.08 bits per heavy atom. The molecule has 2 aromatic carbocycles. The van der Waals surface area contributed by atoms with E-state index in [-0.39, 0.29) is 11.9 Å². The van der Waals surface area contributed by atoms with Crippen molar-refractivity contribution >= 4 is 16.9 Å². The summed E-state index contributed by atoms with van der Waals surface area (Å²) in [7, 11) is 1.67. The van der Waals surface area contributed by atoms with E-state index in [4.69, 9.17) is 4.74 Å². The summed E-state index contributed by atoms with van der Waals surface area (Å²) < 4.78 is 5.36. The average Bonchev–Trinajstić information content (AvgIpc) is 2.73. The summed E-state index contributed by atoms with van der Waals surface area (Å²) in [5.41, 5.74) is 3.33. The van der Waals surface area contributed by atoms with Crippen LogP contribution in [0, 0.1) is 0 Å². The molecule has 0 unspecified atom stereocenters. The third kappa shape index (κ3) is 3.12. The van der Waals surface area contributed by atoms with Gasteiger partial charge in [0.1, 0.15) is 5.75 Å². The first-order valence-corrected chi connectivity index (χ1v) is 8.92. The number of carbonyl (C=O) groups excluding carboxylic acids is 1. The number of hydrogen-bond acceptors (Lipinski definition) is 4. The monoisotopic (exact) mass is 347 g/mol. The van der Waals surface area contributed by atoms with E-state index in [1.165, 1.54) is 0 Å². The van der Waals surface area contributed by atoms with Gasteiger partial charge in [0, 0.05) is 24.5 Å². The zero-order valence-corrected chi connectivity index (χ0v) is 14.8. The van der Waals surface area contributed by atoms with Crippen LogP contribution in [0.2, 0.25) is 0 Å². The Balaban J connectivity index is 1.67. The van der Waals surface area contributed by atoms with E-state index < -0.39 is 0 Å². The molecule has 1 amide bonds. The minimum atomic E-state index is 0.0464. The van der Waals surface area contributed by atoms with Crippen LogP contribution in [-0.2, 0) is 0 Å². The third-order valence-electron chi connectivity index (χ3n) is 4.96. The molecule has 26 heavy (non-hydrogen) atoms. The molecule has 1 aliphatic heterocycles. The number of ether oxygens (including phenoxy) is 1. The van der Waals surface area contributed by atoms with Gasteiger partial charge in [-0.05, 0) is 55.2 Å². The summed E-state index contributed by atoms with van der Waals surface area (Å²) in [6.07, 6.45) is 6.42. The smallest absolute Gasteiger partial charge is 0.254 e. The summed E-state index contributed by atoms with van der Waals surface area (Å²) in [4.78, 5) is 23.8. The molecular formula is C21H21N3O2. The molecule has 1 aliphatic rings. The number of amides is 1. The van der Waals surface area contributed by atoms with E-state index in [9.17, 15) is 4.79 Å². The molecule has 0 spiro atoms. The largest absolute Gasteiger partial charge is 0.497 e. The normalized spacial score (nSPS) is 17.3. The lowest BCUT2D eigenvalue weighted by molar-refractivity contribution is 0.0611. The lowest BCUT2D eigenvalue weighted by Gasteiger charge is -2.36. The van der Waals surface area contributed by atoms with Gasteiger partial charge in [0.2, 0.25) is 0 Å². The quantitative estimate of drug-likeness (QED) is 0.718. The Morgan fingerprint density at radius 2 is 1.92 bits per heavy atom. The van der Waals surface area contributed by atoms with Gasteiger partial charge in [-0.2, -0.15) is 0 Å². The van der Waals surface area contributed by atoms with E-state index in [1.807, 2.05) is 41.3 Å². The number of methoxy groups -OCH3 is 1. The minimum absolute atomic E-state index is 0.0464. The number of carbonyl (C=O) groups is 1. The van der Waals surface area contributed by atoms with E-state index >= 15 is 0 Å². The van der Waals surface area contributed by atoms with Crippen LogP contribution >= 0.6 is 0 Å². The van der Waals surface area contributed by atoms with E-state index in [2.05, 4.69) is 16.0 Å². The maximum atomic E-state index is 13.2. The first-order chi connectivity index (χ1) is 12.8. The zero-order chi connectivity index (χ0) is 17.9. The molecule has 1 saturated heterocycles. The highest BCUT2D eigenvalue weighted by Gasteiger charge is 2.29. The van der Waals surface area contributed by atoms with Gasteiger partial charge in [-0.1, -0.05) is 12.1 Å². The molecule has 1 aromatic heterocycles. The van der Waals surface area contributed by atoms with Crippen LogP contribution in [0.25, 0.3) is 11.0 Å². The molecule has 3 aromatic rings. The van der Waals surface area contributed by atoms with Gasteiger partial charge in [0.05, 0.1) is 24.2 Å². The van der Waals surface area contributed by atoms with Crippen molar-refractivity contribution in [1.29, 1.82) is 0 Å². The fourth-order valence-corrected chi connectivity index (χ4v) is 3.63. The predicted octanol–water partition coefficient (Wildman–Crippen LogP) is 4.01. The number of likely N-dealkylation sites (tertiary alicyclic amines) is 1. The average molecular weight is 347 g/mol. The Kier molecular flexibility index (Phi) is 4.52. The second-order valence-electron chi connectivity index (χ2n) is 6.55. The summed E-state index contributed by atoms with van der Waals surface area (Å²) in [6, 6.07) is 13.6. The van der Waals surface area contributed by atoms with Gasteiger partial charge in [-0.25, -0.2) is 0 Å². The standard InChI is InChI=1S/C21H21N3O2/c1-26-17-6-4-5-15(13-17)20-7-2-3-12-24(20)21(25)16-8-9-18-19(14-16)23-11-10-22-18/h4-6,8-11,13-14,20H,2-3,7,12H2,1H3/t20-/m1/s1. The Bertz CT molecular complexity index is 941. The van der Waals surface area contributed by atoms with Crippen molar-refractivity contribution in [1.82, 2.24) is 14.9 Å². The molecule has 5 nitrogen and oxygen atoms in total. The van der Waals surface area contributed by atoms with Crippen molar-refractivity contribution in [3.05, 3.63) is 66.0 Å². The maximum absolute atomic E-state index is 13.2. The van der Waals surface area contributed by atoms with Gasteiger partial charge >= 0.3 is 0 Å². The van der Waals surface area contributed by atoms with Gasteiger partial charge in [-0.3, -0.25) is 14.8 Å². The van der Waals surface area contributed by atoms with Crippen LogP contribution in [-0.4, -0.2) is 34.4 Å². The molecule has 4 rings (SSSR count). The third-order valence-corrected chi connectivity index (χ3v) is 4.96. The molecule has 2 heterocycles.